The van der Waals surface area contributed by atoms with Gasteiger partial charge in [-0.3, -0.25) is 4.98 Å². The summed E-state index contributed by atoms with van der Waals surface area (Å²) in [5, 5.41) is 7.85. The Morgan fingerprint density at radius 1 is 1.00 bits per heavy atom. The van der Waals surface area contributed by atoms with Gasteiger partial charge < -0.3 is 5.32 Å². The Labute approximate surface area is 153 Å². The Hall–Kier alpha value is -3.35. The normalized spacial score (nSPS) is 11.7. The number of halogens is 3. The Bertz CT molecular complexity index is 1100. The van der Waals surface area contributed by atoms with Crippen molar-refractivity contribution in [3.63, 3.8) is 0 Å². The molecule has 0 aliphatic heterocycles. The number of pyridine rings is 1. The van der Waals surface area contributed by atoms with Crippen LogP contribution in [0.1, 0.15) is 11.1 Å². The molecule has 0 bridgehead atoms. The summed E-state index contributed by atoms with van der Waals surface area (Å²) < 4.78 is 41.0. The number of benzene rings is 2. The van der Waals surface area contributed by atoms with E-state index in [0.717, 1.165) is 29.1 Å². The minimum absolute atomic E-state index is 0.412. The maximum absolute atomic E-state index is 13.1. The molecule has 4 nitrogen and oxygen atoms in total. The van der Waals surface area contributed by atoms with Crippen molar-refractivity contribution in [3.8, 4) is 5.69 Å². The summed E-state index contributed by atoms with van der Waals surface area (Å²) in [4.78, 5) is 4.16. The molecule has 0 aliphatic rings. The third-order valence-electron chi connectivity index (χ3n) is 4.18. The van der Waals surface area contributed by atoms with E-state index in [-0.39, 0.29) is 0 Å². The Kier molecular flexibility index (Phi) is 4.07. The molecule has 4 aromatic rings. The van der Waals surface area contributed by atoms with Gasteiger partial charge in [-0.05, 0) is 61.0 Å². The monoisotopic (exact) mass is 368 g/mol. The van der Waals surface area contributed by atoms with Crippen molar-refractivity contribution in [2.24, 2.45) is 0 Å². The van der Waals surface area contributed by atoms with Gasteiger partial charge in [0.05, 0.1) is 16.8 Å². The number of nitrogens with zero attached hydrogens (tertiary/aromatic N) is 3. The highest BCUT2D eigenvalue weighted by Crippen LogP contribution is 2.34. The van der Waals surface area contributed by atoms with Gasteiger partial charge in [-0.25, -0.2) is 4.68 Å². The Morgan fingerprint density at radius 3 is 2.59 bits per heavy atom. The van der Waals surface area contributed by atoms with E-state index in [4.69, 9.17) is 0 Å². The lowest BCUT2D eigenvalue weighted by molar-refractivity contribution is -0.137. The molecule has 2 aromatic heterocycles. The third-order valence-corrected chi connectivity index (χ3v) is 4.18. The molecule has 0 spiro atoms. The zero-order valence-electron chi connectivity index (χ0n) is 14.3. The lowest BCUT2D eigenvalue weighted by Gasteiger charge is -2.14. The number of alkyl halides is 3. The number of fused-ring (bicyclic) bond motifs is 1. The number of anilines is 2. The zero-order chi connectivity index (χ0) is 19.0. The van der Waals surface area contributed by atoms with E-state index in [1.807, 2.05) is 37.4 Å². The molecule has 0 amide bonds. The first-order valence-corrected chi connectivity index (χ1v) is 8.25. The maximum atomic E-state index is 13.1. The van der Waals surface area contributed by atoms with Crippen molar-refractivity contribution < 1.29 is 13.2 Å². The molecular weight excluding hydrogens is 353 g/mol. The molecule has 0 unspecified atom stereocenters. The van der Waals surface area contributed by atoms with Crippen molar-refractivity contribution >= 4 is 22.3 Å². The topological polar surface area (TPSA) is 42.7 Å². The quantitative estimate of drug-likeness (QED) is 0.520. The van der Waals surface area contributed by atoms with E-state index in [1.54, 1.807) is 23.1 Å². The highest BCUT2D eigenvalue weighted by Gasteiger charge is 2.30. The molecule has 0 saturated carbocycles. The van der Waals surface area contributed by atoms with Crippen LogP contribution in [0.3, 0.4) is 0 Å². The number of nitrogens with one attached hydrogen (secondary N) is 1. The van der Waals surface area contributed by atoms with Crippen molar-refractivity contribution in [1.82, 2.24) is 14.8 Å². The Morgan fingerprint density at radius 2 is 1.85 bits per heavy atom. The van der Waals surface area contributed by atoms with Crippen LogP contribution >= 0.6 is 0 Å². The summed E-state index contributed by atoms with van der Waals surface area (Å²) in [5.41, 5.74) is 2.96. The predicted octanol–water partition coefficient (Wildman–Crippen LogP) is 5.49. The van der Waals surface area contributed by atoms with Crippen LogP contribution in [0.5, 0.6) is 0 Å². The maximum Gasteiger partial charge on any atom is 0.416 e. The van der Waals surface area contributed by atoms with Gasteiger partial charge in [0.25, 0.3) is 0 Å². The molecule has 136 valence electrons. The summed E-state index contributed by atoms with van der Waals surface area (Å²) >= 11 is 0. The lowest BCUT2D eigenvalue weighted by Crippen LogP contribution is -2.05. The van der Waals surface area contributed by atoms with Crippen LogP contribution in [0.4, 0.5) is 24.5 Å². The molecule has 0 aliphatic carbocycles. The molecule has 0 radical (unpaired) electrons. The van der Waals surface area contributed by atoms with E-state index in [0.29, 0.717) is 16.6 Å². The second kappa shape index (κ2) is 6.42. The smallest absolute Gasteiger partial charge is 0.355 e. The SMILES string of the molecule is Cc1cc(Nc2ccnc3ccc(C(F)(F)F)cc23)cc(-n2cccn2)c1. The Balaban J connectivity index is 1.78. The second-order valence-electron chi connectivity index (χ2n) is 6.22. The van der Waals surface area contributed by atoms with Gasteiger partial charge in [-0.2, -0.15) is 18.3 Å². The van der Waals surface area contributed by atoms with E-state index in [1.165, 1.54) is 6.07 Å². The largest absolute Gasteiger partial charge is 0.416 e. The molecule has 27 heavy (non-hydrogen) atoms. The average molecular weight is 368 g/mol. The van der Waals surface area contributed by atoms with E-state index in [2.05, 4.69) is 15.4 Å². The van der Waals surface area contributed by atoms with E-state index >= 15 is 0 Å². The molecule has 0 saturated heterocycles. The molecular formula is C20H15F3N4. The summed E-state index contributed by atoms with van der Waals surface area (Å²) in [6, 6.07) is 12.8. The minimum Gasteiger partial charge on any atom is -0.355 e. The first kappa shape index (κ1) is 17.1. The van der Waals surface area contributed by atoms with Crippen LogP contribution in [-0.4, -0.2) is 14.8 Å². The van der Waals surface area contributed by atoms with Gasteiger partial charge in [0.1, 0.15) is 0 Å². The van der Waals surface area contributed by atoms with Crippen LogP contribution in [0.2, 0.25) is 0 Å². The summed E-state index contributed by atoms with van der Waals surface area (Å²) in [6.45, 7) is 1.95. The minimum atomic E-state index is -4.40. The predicted molar refractivity (Wildman–Crippen MR) is 98.3 cm³/mol. The molecule has 2 aromatic carbocycles. The van der Waals surface area contributed by atoms with E-state index < -0.39 is 11.7 Å². The van der Waals surface area contributed by atoms with Gasteiger partial charge in [0.15, 0.2) is 0 Å². The zero-order valence-corrected chi connectivity index (χ0v) is 14.3. The average Bonchev–Trinajstić information content (AvgIpc) is 3.15. The second-order valence-corrected chi connectivity index (χ2v) is 6.22. The molecule has 7 heteroatoms. The number of aryl methyl sites for hydroxylation is 1. The lowest BCUT2D eigenvalue weighted by atomic mass is 10.1. The fourth-order valence-electron chi connectivity index (χ4n) is 2.98. The van der Waals surface area contributed by atoms with Crippen molar-refractivity contribution in [1.29, 1.82) is 0 Å². The van der Waals surface area contributed by atoms with Crippen LogP contribution in [0.25, 0.3) is 16.6 Å². The van der Waals surface area contributed by atoms with E-state index in [9.17, 15) is 13.2 Å². The van der Waals surface area contributed by atoms with Crippen LogP contribution in [-0.2, 0) is 6.18 Å². The number of aromatic nitrogens is 3. The van der Waals surface area contributed by atoms with Gasteiger partial charge in [-0.15, -0.1) is 0 Å². The molecule has 4 rings (SSSR count). The van der Waals surface area contributed by atoms with Gasteiger partial charge in [0.2, 0.25) is 0 Å². The molecule has 2 heterocycles. The van der Waals surface area contributed by atoms with Gasteiger partial charge in [0, 0.05) is 35.4 Å². The third kappa shape index (κ3) is 3.48. The summed E-state index contributed by atoms with van der Waals surface area (Å²) in [6.07, 6.45) is 0.681. The van der Waals surface area contributed by atoms with Crippen molar-refractivity contribution in [2.75, 3.05) is 5.32 Å². The van der Waals surface area contributed by atoms with Crippen molar-refractivity contribution in [3.05, 3.63) is 78.2 Å². The van der Waals surface area contributed by atoms with Crippen LogP contribution in [0.15, 0.2) is 67.1 Å². The standard InChI is InChI=1S/C20H15F3N4/c1-13-9-15(12-16(10-13)27-8-2-6-25-27)26-19-5-7-24-18-4-3-14(11-17(18)19)20(21,22)23/h2-12H,1H3,(H,24,26). The molecule has 0 fully saturated rings. The fraction of sp³-hybridized carbons (Fsp3) is 0.100. The number of hydrogen-bond acceptors (Lipinski definition) is 3. The number of hydrogen-bond donors (Lipinski definition) is 1. The van der Waals surface area contributed by atoms with Crippen molar-refractivity contribution in [2.45, 2.75) is 13.1 Å². The van der Waals surface area contributed by atoms with Gasteiger partial charge >= 0.3 is 6.18 Å². The molecule has 0 atom stereocenters. The summed E-state index contributed by atoms with van der Waals surface area (Å²) in [5.74, 6) is 0. The first-order chi connectivity index (χ1) is 12.9. The highest BCUT2D eigenvalue weighted by atomic mass is 19.4. The fourth-order valence-corrected chi connectivity index (χ4v) is 2.98. The number of rotatable bonds is 3. The first-order valence-electron chi connectivity index (χ1n) is 8.25. The summed E-state index contributed by atoms with van der Waals surface area (Å²) in [7, 11) is 0. The van der Waals surface area contributed by atoms with Crippen LogP contribution in [0, 0.1) is 6.92 Å². The van der Waals surface area contributed by atoms with Crippen LogP contribution < -0.4 is 5.32 Å². The highest BCUT2D eigenvalue weighted by molar-refractivity contribution is 5.93. The van der Waals surface area contributed by atoms with Gasteiger partial charge in [-0.1, -0.05) is 0 Å². The molecule has 1 N–H and O–H groups in total.